The maximum Gasteiger partial charge on any atom is 0.412 e. The second-order valence-corrected chi connectivity index (χ2v) is 8.41. The van der Waals surface area contributed by atoms with E-state index in [9.17, 15) is 23.6 Å². The molecule has 0 aliphatic rings. The fraction of sp³-hybridized carbons (Fsp3) is 0.800. The van der Waals surface area contributed by atoms with E-state index in [1.54, 1.807) is 0 Å². The Morgan fingerprint density at radius 3 is 1.88 bits per heavy atom. The quantitative estimate of drug-likeness (QED) is 0.209. The molecule has 0 spiro atoms. The van der Waals surface area contributed by atoms with Gasteiger partial charge >= 0.3 is 27.1 Å². The Kier molecular flexibility index (Phi) is 9.95. The van der Waals surface area contributed by atoms with Crippen molar-refractivity contribution in [2.75, 3.05) is 34.8 Å². The number of methoxy groups -OCH3 is 2. The summed E-state index contributed by atoms with van der Waals surface area (Å²) in [6, 6.07) is 0. The fourth-order valence-electron chi connectivity index (χ4n) is 1.38. The fourth-order valence-corrected chi connectivity index (χ4v) is 3.23. The molecule has 0 amide bonds. The van der Waals surface area contributed by atoms with Crippen molar-refractivity contribution < 1.29 is 61.8 Å². The van der Waals surface area contributed by atoms with Crippen molar-refractivity contribution in [3.05, 3.63) is 0 Å². The molecular formula is C10H20O13P2. The molecule has 0 aliphatic heterocycles. The molecule has 0 heterocycles. The van der Waals surface area contributed by atoms with Gasteiger partial charge in [0.15, 0.2) is 11.5 Å². The van der Waals surface area contributed by atoms with E-state index in [2.05, 4.69) is 38.2 Å². The predicted molar refractivity (Wildman–Crippen MR) is 77.7 cm³/mol. The van der Waals surface area contributed by atoms with Crippen molar-refractivity contribution in [2.24, 2.45) is 0 Å². The van der Waals surface area contributed by atoms with E-state index < -0.39 is 45.1 Å². The molecule has 0 fully saturated rings. The largest absolute Gasteiger partial charge is 0.469 e. The van der Waals surface area contributed by atoms with Crippen molar-refractivity contribution >= 4 is 27.1 Å². The van der Waals surface area contributed by atoms with Gasteiger partial charge in [0, 0.05) is 0 Å². The Hall–Kier alpha value is -0.880. The molecule has 0 bridgehead atoms. The summed E-state index contributed by atoms with van der Waals surface area (Å²) >= 11 is 0. The number of carbonyl (C=O) groups excluding carboxylic acids is 2. The standard InChI is InChI=1S/C10H20O13P2/c1-10(9(12)17-3,6-8(11)16-2)25(14,15)23-20-7-24(13,21-18-4)22-19-5/h6-7H2,1-5H3,(H,14,15). The van der Waals surface area contributed by atoms with E-state index in [-0.39, 0.29) is 0 Å². The smallest absolute Gasteiger partial charge is 0.412 e. The van der Waals surface area contributed by atoms with Crippen LogP contribution in [0.1, 0.15) is 13.3 Å². The summed E-state index contributed by atoms with van der Waals surface area (Å²) in [6.07, 6.45) is -1.90. The first kappa shape index (κ1) is 24.1. The summed E-state index contributed by atoms with van der Waals surface area (Å²) in [5.74, 6) is -2.22. The van der Waals surface area contributed by atoms with E-state index in [0.717, 1.165) is 35.4 Å². The van der Waals surface area contributed by atoms with Crippen LogP contribution in [0.15, 0.2) is 0 Å². The second kappa shape index (κ2) is 10.3. The molecule has 13 nitrogen and oxygen atoms in total. The SMILES string of the molecule is COOP(=O)(COOP(=O)(O)C(C)(CC(=O)OC)C(=O)OC)OOC. The monoisotopic (exact) mass is 410 g/mol. The van der Waals surface area contributed by atoms with Crippen LogP contribution in [-0.2, 0) is 56.9 Å². The third kappa shape index (κ3) is 6.74. The number of carbonyl (C=O) groups is 2. The molecule has 148 valence electrons. The molecule has 25 heavy (non-hydrogen) atoms. The van der Waals surface area contributed by atoms with Crippen LogP contribution in [0, 0.1) is 0 Å². The highest BCUT2D eigenvalue weighted by Gasteiger charge is 2.55. The van der Waals surface area contributed by atoms with Crippen LogP contribution in [0.2, 0.25) is 0 Å². The average molecular weight is 410 g/mol. The zero-order valence-corrected chi connectivity index (χ0v) is 15.9. The molecule has 0 aromatic rings. The van der Waals surface area contributed by atoms with Crippen molar-refractivity contribution in [1.82, 2.24) is 0 Å². The lowest BCUT2D eigenvalue weighted by molar-refractivity contribution is -0.260. The van der Waals surface area contributed by atoms with Crippen LogP contribution >= 0.6 is 15.2 Å². The average Bonchev–Trinajstić information content (AvgIpc) is 2.53. The van der Waals surface area contributed by atoms with Crippen LogP contribution in [-0.4, -0.2) is 56.8 Å². The van der Waals surface area contributed by atoms with Gasteiger partial charge in [0.05, 0.1) is 34.9 Å². The maximum absolute atomic E-state index is 12.4. The molecule has 0 rings (SSSR count). The summed E-state index contributed by atoms with van der Waals surface area (Å²) in [5, 5.41) is -2.36. The molecule has 0 aromatic carbocycles. The van der Waals surface area contributed by atoms with Crippen molar-refractivity contribution in [3.63, 3.8) is 0 Å². The Bertz CT molecular complexity index is 539. The minimum atomic E-state index is -4.99. The molecule has 15 heteroatoms. The number of hydrogen-bond acceptors (Lipinski definition) is 12. The van der Waals surface area contributed by atoms with Gasteiger partial charge in [0.2, 0.25) is 0 Å². The lowest BCUT2D eigenvalue weighted by Gasteiger charge is -2.28. The van der Waals surface area contributed by atoms with E-state index in [1.165, 1.54) is 0 Å². The molecule has 1 N–H and O–H groups in total. The number of ether oxygens (including phenoxy) is 2. The summed E-state index contributed by atoms with van der Waals surface area (Å²) in [4.78, 5) is 46.0. The topological polar surface area (TPSA) is 162 Å². The van der Waals surface area contributed by atoms with Crippen molar-refractivity contribution in [1.29, 1.82) is 0 Å². The van der Waals surface area contributed by atoms with E-state index in [0.29, 0.717) is 0 Å². The molecule has 0 aromatic heterocycles. The van der Waals surface area contributed by atoms with Gasteiger partial charge in [-0.1, -0.05) is 0 Å². The lowest BCUT2D eigenvalue weighted by Crippen LogP contribution is -2.39. The Morgan fingerprint density at radius 1 is 0.960 bits per heavy atom. The first-order valence-corrected chi connectivity index (χ1v) is 9.65. The normalized spacial score (nSPS) is 16.6. The van der Waals surface area contributed by atoms with Gasteiger partial charge in [-0.15, -0.1) is 14.0 Å². The summed E-state index contributed by atoms with van der Waals surface area (Å²) < 4.78 is 45.9. The number of rotatable bonds is 12. The van der Waals surface area contributed by atoms with Crippen LogP contribution in [0.25, 0.3) is 0 Å². The van der Waals surface area contributed by atoms with Crippen LogP contribution < -0.4 is 0 Å². The van der Waals surface area contributed by atoms with E-state index >= 15 is 0 Å². The Balaban J connectivity index is 5.22. The second-order valence-electron chi connectivity index (χ2n) is 4.45. The summed E-state index contributed by atoms with van der Waals surface area (Å²) in [7, 11) is -5.18. The van der Waals surface area contributed by atoms with Gasteiger partial charge < -0.3 is 14.4 Å². The van der Waals surface area contributed by atoms with Gasteiger partial charge in [0.1, 0.15) is 0 Å². The molecule has 0 radical (unpaired) electrons. The Labute approximate surface area is 143 Å². The van der Waals surface area contributed by atoms with E-state index in [1.807, 2.05) is 0 Å². The zero-order valence-electron chi connectivity index (χ0n) is 14.2. The molecule has 0 aliphatic carbocycles. The lowest BCUT2D eigenvalue weighted by atomic mass is 10.1. The molecule has 2 atom stereocenters. The highest BCUT2D eigenvalue weighted by Crippen LogP contribution is 2.59. The summed E-state index contributed by atoms with van der Waals surface area (Å²) in [6.45, 7) is 0.927. The van der Waals surface area contributed by atoms with Crippen LogP contribution in [0.5, 0.6) is 0 Å². The molecule has 2 unspecified atom stereocenters. The van der Waals surface area contributed by atoms with E-state index in [4.69, 9.17) is 0 Å². The van der Waals surface area contributed by atoms with Crippen LogP contribution in [0.4, 0.5) is 0 Å². The molecular weight excluding hydrogens is 390 g/mol. The first-order chi connectivity index (χ1) is 11.5. The van der Waals surface area contributed by atoms with Gasteiger partial charge in [0.25, 0.3) is 0 Å². The highest BCUT2D eigenvalue weighted by atomic mass is 31.2. The van der Waals surface area contributed by atoms with Crippen molar-refractivity contribution in [2.45, 2.75) is 18.5 Å². The molecule has 0 saturated heterocycles. The minimum absolute atomic E-state index is 0.853. The first-order valence-electron chi connectivity index (χ1n) is 6.35. The molecule has 0 saturated carbocycles. The minimum Gasteiger partial charge on any atom is -0.469 e. The van der Waals surface area contributed by atoms with Gasteiger partial charge in [-0.05, 0) is 6.92 Å². The van der Waals surface area contributed by atoms with Gasteiger partial charge in [-0.2, -0.15) is 0 Å². The Morgan fingerprint density at radius 2 is 1.48 bits per heavy atom. The predicted octanol–water partition coefficient (Wildman–Crippen LogP) is 0.921. The highest BCUT2D eigenvalue weighted by molar-refractivity contribution is 7.56. The van der Waals surface area contributed by atoms with Crippen molar-refractivity contribution in [3.8, 4) is 0 Å². The third-order valence-electron chi connectivity index (χ3n) is 2.71. The zero-order chi connectivity index (χ0) is 19.7. The van der Waals surface area contributed by atoms with Gasteiger partial charge in [-0.25, -0.2) is 14.7 Å². The summed E-state index contributed by atoms with van der Waals surface area (Å²) in [5.41, 5.74) is 0. The maximum atomic E-state index is 12.4. The number of hydrogen-bond donors (Lipinski definition) is 1. The third-order valence-corrected chi connectivity index (χ3v) is 5.78. The van der Waals surface area contributed by atoms with Crippen LogP contribution in [0.3, 0.4) is 0 Å². The number of esters is 2. The van der Waals surface area contributed by atoms with Gasteiger partial charge in [-0.3, -0.25) is 18.7 Å².